The molecule has 1 aromatic carbocycles. The van der Waals surface area contributed by atoms with E-state index in [4.69, 9.17) is 9.15 Å². The third-order valence-electron chi connectivity index (χ3n) is 5.49. The molecule has 1 aliphatic heterocycles. The van der Waals surface area contributed by atoms with Gasteiger partial charge in [0.15, 0.2) is 5.76 Å². The van der Waals surface area contributed by atoms with Gasteiger partial charge in [-0.1, -0.05) is 12.1 Å². The molecule has 0 spiro atoms. The van der Waals surface area contributed by atoms with Crippen LogP contribution in [0.4, 0.5) is 5.00 Å². The molecule has 1 aliphatic rings. The lowest BCUT2D eigenvalue weighted by Gasteiger charge is -2.38. The van der Waals surface area contributed by atoms with Gasteiger partial charge in [0.2, 0.25) is 0 Å². The smallest absolute Gasteiger partial charge is 0.291 e. The molecule has 30 heavy (non-hydrogen) atoms. The molecular weight excluding hydrogens is 398 g/mol. The number of anilines is 1. The van der Waals surface area contributed by atoms with Crippen LogP contribution in [0.1, 0.15) is 32.6 Å². The molecule has 1 atom stereocenters. The molecule has 1 saturated heterocycles. The van der Waals surface area contributed by atoms with E-state index in [9.17, 15) is 4.79 Å². The highest BCUT2D eigenvalue weighted by molar-refractivity contribution is 7.16. The number of rotatable bonds is 6. The Morgan fingerprint density at radius 1 is 1.17 bits per heavy atom. The number of carbonyl (C=O) groups is 1. The number of amides is 1. The average Bonchev–Trinajstić information content (AvgIpc) is 3.41. The van der Waals surface area contributed by atoms with Crippen molar-refractivity contribution in [2.24, 2.45) is 0 Å². The number of hydrogen-bond acceptors (Lipinski definition) is 6. The Morgan fingerprint density at radius 3 is 2.53 bits per heavy atom. The van der Waals surface area contributed by atoms with Crippen molar-refractivity contribution >= 4 is 22.2 Å². The standard InChI is InChI=1S/C23H27N3O3S/c1-16-15-19(23(30-16)24-22(27)20-5-4-14-29-20)21(26-12-10-25(2)11-13-26)17-6-8-18(28-3)9-7-17/h4-9,14-15,21H,10-13H2,1-3H3,(H,24,27)/t21-/m1/s1. The fourth-order valence-electron chi connectivity index (χ4n) is 3.86. The van der Waals surface area contributed by atoms with E-state index >= 15 is 0 Å². The van der Waals surface area contributed by atoms with Crippen LogP contribution in [0.3, 0.4) is 0 Å². The quantitative estimate of drug-likeness (QED) is 0.640. The van der Waals surface area contributed by atoms with Crippen molar-refractivity contribution in [1.29, 1.82) is 0 Å². The zero-order valence-electron chi connectivity index (χ0n) is 17.6. The van der Waals surface area contributed by atoms with Gasteiger partial charge in [-0.2, -0.15) is 0 Å². The number of hydrogen-bond donors (Lipinski definition) is 1. The van der Waals surface area contributed by atoms with Crippen LogP contribution in [0, 0.1) is 6.92 Å². The van der Waals surface area contributed by atoms with Gasteiger partial charge >= 0.3 is 0 Å². The van der Waals surface area contributed by atoms with Gasteiger partial charge in [0.05, 0.1) is 19.4 Å². The average molecular weight is 426 g/mol. The van der Waals surface area contributed by atoms with Crippen molar-refractivity contribution in [2.45, 2.75) is 13.0 Å². The summed E-state index contributed by atoms with van der Waals surface area (Å²) in [5.74, 6) is 0.922. The predicted octanol–water partition coefficient (Wildman–Crippen LogP) is 4.25. The fourth-order valence-corrected chi connectivity index (χ4v) is 4.80. The Balaban J connectivity index is 1.70. The van der Waals surface area contributed by atoms with Crippen molar-refractivity contribution in [3.63, 3.8) is 0 Å². The number of thiophene rings is 1. The molecular formula is C23H27N3O3S. The number of carbonyl (C=O) groups excluding carboxylic acids is 1. The molecule has 0 aliphatic carbocycles. The summed E-state index contributed by atoms with van der Waals surface area (Å²) in [4.78, 5) is 18.7. The molecule has 4 rings (SSSR count). The third-order valence-corrected chi connectivity index (χ3v) is 6.47. The molecule has 158 valence electrons. The Labute approximate surface area is 181 Å². The number of piperazine rings is 1. The second-order valence-electron chi connectivity index (χ2n) is 7.59. The van der Waals surface area contributed by atoms with E-state index in [0.717, 1.165) is 47.4 Å². The Morgan fingerprint density at radius 2 is 1.90 bits per heavy atom. The first-order valence-corrected chi connectivity index (χ1v) is 10.9. The summed E-state index contributed by atoms with van der Waals surface area (Å²) in [7, 11) is 3.83. The summed E-state index contributed by atoms with van der Waals surface area (Å²) in [6.45, 7) is 6.04. The minimum absolute atomic E-state index is 0.0569. The second kappa shape index (κ2) is 9.04. The van der Waals surface area contributed by atoms with Gasteiger partial charge in [0.25, 0.3) is 5.91 Å². The Hall–Kier alpha value is -2.61. The Bertz CT molecular complexity index is 974. The van der Waals surface area contributed by atoms with Gasteiger partial charge in [-0.05, 0) is 49.9 Å². The van der Waals surface area contributed by atoms with E-state index < -0.39 is 0 Å². The predicted molar refractivity (Wildman–Crippen MR) is 120 cm³/mol. The second-order valence-corrected chi connectivity index (χ2v) is 8.84. The molecule has 2 aromatic heterocycles. The lowest BCUT2D eigenvalue weighted by molar-refractivity contribution is 0.0996. The molecule has 3 heterocycles. The zero-order chi connectivity index (χ0) is 21.1. The molecule has 7 heteroatoms. The zero-order valence-corrected chi connectivity index (χ0v) is 18.4. The van der Waals surface area contributed by atoms with Gasteiger partial charge < -0.3 is 19.4 Å². The highest BCUT2D eigenvalue weighted by Crippen LogP contribution is 2.40. The summed E-state index contributed by atoms with van der Waals surface area (Å²) in [5.41, 5.74) is 2.30. The number of methoxy groups -OCH3 is 1. The molecule has 0 saturated carbocycles. The maximum atomic E-state index is 12.7. The van der Waals surface area contributed by atoms with Crippen LogP contribution in [0.2, 0.25) is 0 Å². The molecule has 6 nitrogen and oxygen atoms in total. The molecule has 1 amide bonds. The van der Waals surface area contributed by atoms with Crippen molar-refractivity contribution in [3.8, 4) is 5.75 Å². The van der Waals surface area contributed by atoms with Gasteiger partial charge in [-0.15, -0.1) is 11.3 Å². The maximum absolute atomic E-state index is 12.7. The number of nitrogens with one attached hydrogen (secondary N) is 1. The highest BCUT2D eigenvalue weighted by atomic mass is 32.1. The van der Waals surface area contributed by atoms with Crippen molar-refractivity contribution in [3.05, 3.63) is 70.5 Å². The number of nitrogens with zero attached hydrogens (tertiary/aromatic N) is 2. The van der Waals surface area contributed by atoms with Crippen LogP contribution in [0.5, 0.6) is 5.75 Å². The minimum atomic E-state index is -0.227. The van der Waals surface area contributed by atoms with Crippen LogP contribution >= 0.6 is 11.3 Å². The lowest BCUT2D eigenvalue weighted by Crippen LogP contribution is -2.46. The maximum Gasteiger partial charge on any atom is 0.291 e. The van der Waals surface area contributed by atoms with E-state index in [1.165, 1.54) is 11.8 Å². The Kier molecular flexibility index (Phi) is 6.22. The molecule has 0 unspecified atom stereocenters. The monoisotopic (exact) mass is 425 g/mol. The largest absolute Gasteiger partial charge is 0.497 e. The number of likely N-dealkylation sites (N-methyl/N-ethyl adjacent to an activating group) is 1. The lowest BCUT2D eigenvalue weighted by atomic mass is 9.97. The first-order valence-electron chi connectivity index (χ1n) is 10.1. The highest BCUT2D eigenvalue weighted by Gasteiger charge is 2.29. The van der Waals surface area contributed by atoms with E-state index in [2.05, 4.69) is 47.3 Å². The first-order chi connectivity index (χ1) is 14.5. The molecule has 0 bridgehead atoms. The summed E-state index contributed by atoms with van der Waals surface area (Å²) in [6.07, 6.45) is 1.51. The van der Waals surface area contributed by atoms with Gasteiger partial charge in [-0.25, -0.2) is 0 Å². The van der Waals surface area contributed by atoms with E-state index in [0.29, 0.717) is 5.76 Å². The van der Waals surface area contributed by atoms with Gasteiger partial charge in [0.1, 0.15) is 10.8 Å². The fraction of sp³-hybridized carbons (Fsp3) is 0.348. The summed E-state index contributed by atoms with van der Waals surface area (Å²) < 4.78 is 10.6. The minimum Gasteiger partial charge on any atom is -0.497 e. The van der Waals surface area contributed by atoms with Crippen LogP contribution in [0.25, 0.3) is 0 Å². The summed E-state index contributed by atoms with van der Waals surface area (Å²) >= 11 is 1.60. The number of ether oxygens (including phenoxy) is 1. The van der Waals surface area contributed by atoms with Gasteiger partial charge in [-0.3, -0.25) is 9.69 Å². The molecule has 1 N–H and O–H groups in total. The van der Waals surface area contributed by atoms with Crippen molar-refractivity contribution in [1.82, 2.24) is 9.80 Å². The van der Waals surface area contributed by atoms with Crippen LogP contribution < -0.4 is 10.1 Å². The number of benzene rings is 1. The van der Waals surface area contributed by atoms with Gasteiger partial charge in [0, 0.05) is 36.6 Å². The third kappa shape index (κ3) is 4.43. The summed E-state index contributed by atoms with van der Waals surface area (Å²) in [6, 6.07) is 13.9. The normalized spacial score (nSPS) is 16.4. The van der Waals surface area contributed by atoms with Crippen molar-refractivity contribution in [2.75, 3.05) is 45.7 Å². The van der Waals surface area contributed by atoms with Crippen LogP contribution in [-0.4, -0.2) is 56.0 Å². The SMILES string of the molecule is COc1ccc([C@H](c2cc(C)sc2NC(=O)c2ccco2)N2CCN(C)CC2)cc1. The topological polar surface area (TPSA) is 58.0 Å². The molecule has 0 radical (unpaired) electrons. The van der Waals surface area contributed by atoms with E-state index in [1.54, 1.807) is 30.6 Å². The van der Waals surface area contributed by atoms with E-state index in [-0.39, 0.29) is 11.9 Å². The summed E-state index contributed by atoms with van der Waals surface area (Å²) in [5, 5.41) is 3.95. The van der Waals surface area contributed by atoms with Crippen LogP contribution in [0.15, 0.2) is 53.1 Å². The first kappa shape index (κ1) is 20.7. The molecule has 1 fully saturated rings. The molecule has 3 aromatic rings. The van der Waals surface area contributed by atoms with Crippen molar-refractivity contribution < 1.29 is 13.9 Å². The van der Waals surface area contributed by atoms with E-state index in [1.807, 2.05) is 12.1 Å². The van der Waals surface area contributed by atoms with Crippen LogP contribution in [-0.2, 0) is 0 Å². The number of furan rings is 1. The number of aryl methyl sites for hydroxylation is 1.